The molecule has 0 bridgehead atoms. The molecule has 1 aromatic heterocycles. The number of pyridine rings is 1. The van der Waals surface area contributed by atoms with Gasteiger partial charge in [0.15, 0.2) is 5.75 Å². The number of rotatable bonds is 4. The summed E-state index contributed by atoms with van der Waals surface area (Å²) in [5.74, 6) is -0.986. The second kappa shape index (κ2) is 8.22. The maximum absolute atomic E-state index is 13.1. The molecule has 2 heterocycles. The average molecular weight is 405 g/mol. The number of nitrogens with one attached hydrogen (secondary N) is 1. The third-order valence-corrected chi connectivity index (χ3v) is 5.94. The fraction of sp³-hybridized carbons (Fsp3) is 0.333. The van der Waals surface area contributed by atoms with Crippen LogP contribution in [0.2, 0.25) is 0 Å². The van der Waals surface area contributed by atoms with Gasteiger partial charge in [0.05, 0.1) is 17.1 Å². The first-order valence-electron chi connectivity index (χ1n) is 10.4. The Labute approximate surface area is 175 Å². The number of nitrogens with zero attached hydrogens (tertiary/aromatic N) is 2. The minimum absolute atomic E-state index is 0.0211. The zero-order chi connectivity index (χ0) is 21.3. The molecule has 30 heavy (non-hydrogen) atoms. The summed E-state index contributed by atoms with van der Waals surface area (Å²) in [7, 11) is 1.58. The van der Waals surface area contributed by atoms with Gasteiger partial charge >= 0.3 is 0 Å². The predicted octanol–water partition coefficient (Wildman–Crippen LogP) is 3.73. The number of fused-ring (bicyclic) bond motifs is 1. The summed E-state index contributed by atoms with van der Waals surface area (Å²) in [4.78, 5) is 27.9. The number of aromatic hydroxyl groups is 1. The number of amides is 1. The minimum atomic E-state index is -0.585. The molecule has 0 radical (unpaired) electrons. The Morgan fingerprint density at radius 3 is 2.57 bits per heavy atom. The molecule has 1 fully saturated rings. The van der Waals surface area contributed by atoms with Crippen molar-refractivity contribution < 1.29 is 9.90 Å². The van der Waals surface area contributed by atoms with Gasteiger partial charge in [0.25, 0.3) is 11.5 Å². The van der Waals surface area contributed by atoms with Crippen molar-refractivity contribution in [3.05, 3.63) is 70.0 Å². The number of para-hydroxylation sites is 1. The molecule has 1 saturated heterocycles. The molecule has 0 spiro atoms. The lowest BCUT2D eigenvalue weighted by atomic mass is 10.0. The maximum atomic E-state index is 13.1. The molecule has 4 rings (SSSR count). The summed E-state index contributed by atoms with van der Waals surface area (Å²) in [6.45, 7) is 4.02. The van der Waals surface area contributed by atoms with Gasteiger partial charge in [-0.25, -0.2) is 0 Å². The van der Waals surface area contributed by atoms with E-state index in [1.807, 2.05) is 19.1 Å². The van der Waals surface area contributed by atoms with Crippen LogP contribution < -0.4 is 15.8 Å². The van der Waals surface area contributed by atoms with E-state index in [-0.39, 0.29) is 11.6 Å². The maximum Gasteiger partial charge on any atom is 0.293 e. The van der Waals surface area contributed by atoms with Gasteiger partial charge in [-0.3, -0.25) is 9.59 Å². The zero-order valence-electron chi connectivity index (χ0n) is 17.4. The van der Waals surface area contributed by atoms with Crippen LogP contribution in [0.5, 0.6) is 5.75 Å². The Bertz CT molecular complexity index is 1150. The Kier molecular flexibility index (Phi) is 5.48. The normalized spacial score (nSPS) is 15.2. The lowest BCUT2D eigenvalue weighted by molar-refractivity contribution is 0.0938. The van der Waals surface area contributed by atoms with Crippen LogP contribution in [0.1, 0.15) is 48.1 Å². The third kappa shape index (κ3) is 3.65. The molecular weight excluding hydrogens is 378 g/mol. The molecule has 0 unspecified atom stereocenters. The van der Waals surface area contributed by atoms with Crippen molar-refractivity contribution in [2.24, 2.45) is 7.05 Å². The van der Waals surface area contributed by atoms with Gasteiger partial charge < -0.3 is 19.9 Å². The molecule has 0 aliphatic carbocycles. The van der Waals surface area contributed by atoms with Crippen molar-refractivity contribution in [1.29, 1.82) is 0 Å². The number of carbonyl (C=O) groups excluding carboxylic acids is 1. The van der Waals surface area contributed by atoms with E-state index in [0.29, 0.717) is 10.9 Å². The highest BCUT2D eigenvalue weighted by atomic mass is 16.3. The predicted molar refractivity (Wildman–Crippen MR) is 119 cm³/mol. The highest BCUT2D eigenvalue weighted by Gasteiger charge is 2.22. The number of anilines is 1. The van der Waals surface area contributed by atoms with Gasteiger partial charge in [0, 0.05) is 31.2 Å². The smallest absolute Gasteiger partial charge is 0.293 e. The molecule has 2 N–H and O–H groups in total. The van der Waals surface area contributed by atoms with Crippen LogP contribution in [-0.4, -0.2) is 28.7 Å². The number of hydrogen-bond acceptors (Lipinski definition) is 4. The molecule has 6 heteroatoms. The number of benzene rings is 2. The third-order valence-electron chi connectivity index (χ3n) is 5.94. The number of aryl methyl sites for hydroxylation is 1. The first-order valence-corrected chi connectivity index (χ1v) is 10.4. The van der Waals surface area contributed by atoms with Crippen molar-refractivity contribution in [1.82, 2.24) is 9.88 Å². The van der Waals surface area contributed by atoms with Gasteiger partial charge in [-0.05, 0) is 49.9 Å². The number of hydrogen-bond donors (Lipinski definition) is 2. The molecule has 6 nitrogen and oxygen atoms in total. The van der Waals surface area contributed by atoms with Crippen LogP contribution in [0.25, 0.3) is 10.9 Å². The van der Waals surface area contributed by atoms with E-state index in [4.69, 9.17) is 0 Å². The molecule has 1 atom stereocenters. The van der Waals surface area contributed by atoms with Gasteiger partial charge in [-0.2, -0.15) is 0 Å². The van der Waals surface area contributed by atoms with Crippen molar-refractivity contribution in [2.75, 3.05) is 18.0 Å². The second-order valence-corrected chi connectivity index (χ2v) is 7.94. The Hall–Kier alpha value is -3.28. The molecule has 156 valence electrons. The van der Waals surface area contributed by atoms with Crippen LogP contribution in [0.15, 0.2) is 53.3 Å². The lowest BCUT2D eigenvalue weighted by Crippen LogP contribution is -2.31. The van der Waals surface area contributed by atoms with Crippen LogP contribution in [0, 0.1) is 0 Å². The largest absolute Gasteiger partial charge is 0.502 e. The molecule has 0 saturated carbocycles. The van der Waals surface area contributed by atoms with E-state index in [1.54, 1.807) is 31.3 Å². The van der Waals surface area contributed by atoms with Crippen molar-refractivity contribution in [3.8, 4) is 5.75 Å². The van der Waals surface area contributed by atoms with Crippen LogP contribution in [0.4, 0.5) is 5.69 Å². The van der Waals surface area contributed by atoms with Crippen molar-refractivity contribution in [3.63, 3.8) is 0 Å². The van der Waals surface area contributed by atoms with E-state index in [0.717, 1.165) is 24.3 Å². The molecule has 2 aromatic carbocycles. The van der Waals surface area contributed by atoms with Crippen LogP contribution in [0.3, 0.4) is 0 Å². The van der Waals surface area contributed by atoms with Gasteiger partial charge in [0.2, 0.25) is 0 Å². The van der Waals surface area contributed by atoms with Crippen LogP contribution >= 0.6 is 0 Å². The standard InChI is InChI=1S/C24H27N3O3/c1-16(17-9-8-10-18(15-17)27-13-6-3-7-14-27)25-23(29)21-19-11-4-5-12-20(19)26(2)24(30)22(21)28/h4-5,8-12,15-16,28H,3,6-7,13-14H2,1-2H3,(H,25,29)/t16-/m1/s1. The van der Waals surface area contributed by atoms with Gasteiger partial charge in [0.1, 0.15) is 0 Å². The molecular formula is C24H27N3O3. The van der Waals surface area contributed by atoms with Gasteiger partial charge in [-0.1, -0.05) is 30.3 Å². The Balaban J connectivity index is 1.63. The fourth-order valence-corrected chi connectivity index (χ4v) is 4.21. The topological polar surface area (TPSA) is 74.6 Å². The zero-order valence-corrected chi connectivity index (χ0v) is 17.4. The number of piperidine rings is 1. The summed E-state index contributed by atoms with van der Waals surface area (Å²) < 4.78 is 1.35. The summed E-state index contributed by atoms with van der Waals surface area (Å²) in [6.07, 6.45) is 3.67. The molecule has 3 aromatic rings. The fourth-order valence-electron chi connectivity index (χ4n) is 4.21. The highest BCUT2D eigenvalue weighted by molar-refractivity contribution is 6.08. The summed E-state index contributed by atoms with van der Waals surface area (Å²) in [5.41, 5.74) is 2.19. The summed E-state index contributed by atoms with van der Waals surface area (Å²) in [6, 6.07) is 15.0. The quantitative estimate of drug-likeness (QED) is 0.694. The van der Waals surface area contributed by atoms with E-state index in [2.05, 4.69) is 22.3 Å². The molecule has 1 aliphatic rings. The van der Waals surface area contributed by atoms with E-state index in [1.165, 1.54) is 23.8 Å². The first kappa shape index (κ1) is 20.0. The van der Waals surface area contributed by atoms with Crippen LogP contribution in [-0.2, 0) is 7.05 Å². The van der Waals surface area contributed by atoms with Gasteiger partial charge in [-0.15, -0.1) is 0 Å². The van der Waals surface area contributed by atoms with Crippen molar-refractivity contribution >= 4 is 22.5 Å². The molecule has 1 amide bonds. The first-order chi connectivity index (χ1) is 14.5. The SMILES string of the molecule is C[C@@H](NC(=O)c1c(O)c(=O)n(C)c2ccccc12)c1cccc(N2CCCCC2)c1. The van der Waals surface area contributed by atoms with Crippen molar-refractivity contribution in [2.45, 2.75) is 32.2 Å². The second-order valence-electron chi connectivity index (χ2n) is 7.94. The van der Waals surface area contributed by atoms with E-state index < -0.39 is 17.2 Å². The van der Waals surface area contributed by atoms with E-state index in [9.17, 15) is 14.7 Å². The monoisotopic (exact) mass is 405 g/mol. The molecule has 1 aliphatic heterocycles. The minimum Gasteiger partial charge on any atom is -0.502 e. The Morgan fingerprint density at radius 2 is 1.80 bits per heavy atom. The lowest BCUT2D eigenvalue weighted by Gasteiger charge is -2.29. The highest BCUT2D eigenvalue weighted by Crippen LogP contribution is 2.26. The summed E-state index contributed by atoms with van der Waals surface area (Å²) >= 11 is 0. The number of carbonyl (C=O) groups is 1. The summed E-state index contributed by atoms with van der Waals surface area (Å²) in [5, 5.41) is 13.9. The Morgan fingerprint density at radius 1 is 1.07 bits per heavy atom. The number of aromatic nitrogens is 1. The average Bonchev–Trinajstić information content (AvgIpc) is 2.78. The van der Waals surface area contributed by atoms with E-state index >= 15 is 0 Å².